The van der Waals surface area contributed by atoms with Crippen molar-refractivity contribution < 1.29 is 9.84 Å². The van der Waals surface area contributed by atoms with E-state index in [1.54, 1.807) is 4.68 Å². The average Bonchev–Trinajstić information content (AvgIpc) is 2.73. The average molecular weight is 242 g/mol. The van der Waals surface area contributed by atoms with Gasteiger partial charge in [-0.1, -0.05) is 5.21 Å². The summed E-state index contributed by atoms with van der Waals surface area (Å²) >= 11 is 0. The van der Waals surface area contributed by atoms with Crippen molar-refractivity contribution in [2.75, 3.05) is 19.8 Å². The van der Waals surface area contributed by atoms with Gasteiger partial charge in [-0.15, -0.1) is 5.10 Å². The van der Waals surface area contributed by atoms with Gasteiger partial charge in [-0.3, -0.25) is 4.68 Å². The molecule has 2 N–H and O–H groups in total. The fourth-order valence-electron chi connectivity index (χ4n) is 1.34. The molecule has 0 fully saturated rings. The lowest BCUT2D eigenvalue weighted by Crippen LogP contribution is -2.21. The van der Waals surface area contributed by atoms with E-state index in [9.17, 15) is 0 Å². The molecule has 0 saturated heterocycles. The summed E-state index contributed by atoms with van der Waals surface area (Å²) in [5.41, 5.74) is 0.910. The van der Waals surface area contributed by atoms with Gasteiger partial charge in [0.15, 0.2) is 0 Å². The van der Waals surface area contributed by atoms with E-state index in [4.69, 9.17) is 9.84 Å². The SMILES string of the molecule is CC(C)OCCNCc1cn(CCCO)nn1. The molecule has 6 heteroatoms. The van der Waals surface area contributed by atoms with Crippen LogP contribution in [0.25, 0.3) is 0 Å². The lowest BCUT2D eigenvalue weighted by molar-refractivity contribution is 0.0806. The Morgan fingerprint density at radius 3 is 3.06 bits per heavy atom. The van der Waals surface area contributed by atoms with Crippen LogP contribution in [0.1, 0.15) is 26.0 Å². The maximum atomic E-state index is 8.69. The molecule has 0 amide bonds. The van der Waals surface area contributed by atoms with Gasteiger partial charge in [0.2, 0.25) is 0 Å². The van der Waals surface area contributed by atoms with Crippen LogP contribution in [0.5, 0.6) is 0 Å². The van der Waals surface area contributed by atoms with Gasteiger partial charge in [0, 0.05) is 32.4 Å². The molecule has 6 nitrogen and oxygen atoms in total. The minimum absolute atomic E-state index is 0.181. The summed E-state index contributed by atoms with van der Waals surface area (Å²) in [6, 6.07) is 0. The molecule has 0 aliphatic heterocycles. The molecule has 1 aromatic heterocycles. The molecule has 0 bridgehead atoms. The highest BCUT2D eigenvalue weighted by atomic mass is 16.5. The fourth-order valence-corrected chi connectivity index (χ4v) is 1.34. The summed E-state index contributed by atoms with van der Waals surface area (Å²) in [6.45, 7) is 7.14. The Morgan fingerprint density at radius 2 is 2.35 bits per heavy atom. The number of rotatable bonds is 9. The molecule has 0 unspecified atom stereocenters. The molecule has 0 aromatic carbocycles. The summed E-state index contributed by atoms with van der Waals surface area (Å²) in [5.74, 6) is 0. The second-order valence-corrected chi connectivity index (χ2v) is 4.15. The molecule has 0 aliphatic carbocycles. The first-order chi connectivity index (χ1) is 8.22. The molecule has 98 valence electrons. The van der Waals surface area contributed by atoms with Crippen LogP contribution in [-0.4, -0.2) is 46.0 Å². The zero-order chi connectivity index (χ0) is 12.5. The van der Waals surface area contributed by atoms with Gasteiger partial charge in [0.05, 0.1) is 18.4 Å². The molecule has 0 aliphatic rings. The smallest absolute Gasteiger partial charge is 0.0964 e. The van der Waals surface area contributed by atoms with Crippen molar-refractivity contribution in [3.8, 4) is 0 Å². The third-order valence-electron chi connectivity index (χ3n) is 2.17. The number of hydrogen-bond donors (Lipinski definition) is 2. The number of aryl methyl sites for hydroxylation is 1. The molecule has 17 heavy (non-hydrogen) atoms. The van der Waals surface area contributed by atoms with Gasteiger partial charge >= 0.3 is 0 Å². The Bertz CT molecular complexity index is 301. The van der Waals surface area contributed by atoms with Crippen LogP contribution in [0.15, 0.2) is 6.20 Å². The summed E-state index contributed by atoms with van der Waals surface area (Å²) in [5, 5.41) is 19.9. The van der Waals surface area contributed by atoms with Crippen LogP contribution in [0.4, 0.5) is 0 Å². The standard InChI is InChI=1S/C11H22N4O2/c1-10(2)17-7-4-12-8-11-9-15(14-13-11)5-3-6-16/h9-10,12,16H,3-8H2,1-2H3. The first kappa shape index (κ1) is 14.1. The molecule has 0 radical (unpaired) electrons. The van der Waals surface area contributed by atoms with Gasteiger partial charge in [-0.25, -0.2) is 0 Å². The normalized spacial score (nSPS) is 11.3. The summed E-state index contributed by atoms with van der Waals surface area (Å²) in [6.07, 6.45) is 2.88. The van der Waals surface area contributed by atoms with Crippen LogP contribution in [0.2, 0.25) is 0 Å². The Morgan fingerprint density at radius 1 is 1.53 bits per heavy atom. The van der Waals surface area contributed by atoms with Crippen molar-refractivity contribution >= 4 is 0 Å². The van der Waals surface area contributed by atoms with Gasteiger partial charge in [0.1, 0.15) is 0 Å². The molecule has 1 heterocycles. The minimum Gasteiger partial charge on any atom is -0.396 e. The highest BCUT2D eigenvalue weighted by Crippen LogP contribution is 1.94. The van der Waals surface area contributed by atoms with Crippen LogP contribution in [0, 0.1) is 0 Å². The van der Waals surface area contributed by atoms with Gasteiger partial charge in [-0.2, -0.15) is 0 Å². The molecular weight excluding hydrogens is 220 g/mol. The molecule has 0 spiro atoms. The molecule has 1 rings (SSSR count). The minimum atomic E-state index is 0.181. The van der Waals surface area contributed by atoms with E-state index in [2.05, 4.69) is 15.6 Å². The largest absolute Gasteiger partial charge is 0.396 e. The van der Waals surface area contributed by atoms with Crippen molar-refractivity contribution in [3.05, 3.63) is 11.9 Å². The van der Waals surface area contributed by atoms with Crippen molar-refractivity contribution in [1.29, 1.82) is 0 Å². The molecule has 1 aromatic rings. The number of nitrogens with one attached hydrogen (secondary N) is 1. The van der Waals surface area contributed by atoms with E-state index in [0.717, 1.165) is 12.2 Å². The number of aliphatic hydroxyl groups excluding tert-OH is 1. The second kappa shape index (κ2) is 8.16. The topological polar surface area (TPSA) is 72.2 Å². The van der Waals surface area contributed by atoms with E-state index in [1.165, 1.54) is 0 Å². The molecule has 0 atom stereocenters. The maximum absolute atomic E-state index is 8.69. The molecular formula is C11H22N4O2. The lowest BCUT2D eigenvalue weighted by atomic mass is 10.4. The number of aromatic nitrogens is 3. The van der Waals surface area contributed by atoms with Crippen molar-refractivity contribution in [2.24, 2.45) is 0 Å². The number of ether oxygens (including phenoxy) is 1. The number of hydrogen-bond acceptors (Lipinski definition) is 5. The van der Waals surface area contributed by atoms with Crippen LogP contribution in [0.3, 0.4) is 0 Å². The first-order valence-corrected chi connectivity index (χ1v) is 6.04. The lowest BCUT2D eigenvalue weighted by Gasteiger charge is -2.07. The van der Waals surface area contributed by atoms with E-state index < -0.39 is 0 Å². The first-order valence-electron chi connectivity index (χ1n) is 6.04. The predicted octanol–water partition coefficient (Wildman–Crippen LogP) is 0.175. The highest BCUT2D eigenvalue weighted by Gasteiger charge is 2.00. The Kier molecular flexibility index (Phi) is 6.76. The third-order valence-corrected chi connectivity index (χ3v) is 2.17. The van der Waals surface area contributed by atoms with E-state index in [-0.39, 0.29) is 12.7 Å². The van der Waals surface area contributed by atoms with Crippen LogP contribution >= 0.6 is 0 Å². The van der Waals surface area contributed by atoms with Crippen LogP contribution in [-0.2, 0) is 17.8 Å². The number of nitrogens with zero attached hydrogens (tertiary/aromatic N) is 3. The maximum Gasteiger partial charge on any atom is 0.0964 e. The fraction of sp³-hybridized carbons (Fsp3) is 0.818. The zero-order valence-corrected chi connectivity index (χ0v) is 10.6. The van der Waals surface area contributed by atoms with Crippen molar-refractivity contribution in [2.45, 2.75) is 39.5 Å². The zero-order valence-electron chi connectivity index (χ0n) is 10.6. The van der Waals surface area contributed by atoms with Gasteiger partial charge in [-0.05, 0) is 20.3 Å². The quantitative estimate of drug-likeness (QED) is 0.604. The van der Waals surface area contributed by atoms with E-state index >= 15 is 0 Å². The van der Waals surface area contributed by atoms with Gasteiger partial charge < -0.3 is 15.2 Å². The van der Waals surface area contributed by atoms with Gasteiger partial charge in [0.25, 0.3) is 0 Å². The third kappa shape index (κ3) is 6.35. The Balaban J connectivity index is 2.12. The van der Waals surface area contributed by atoms with Crippen molar-refractivity contribution in [3.63, 3.8) is 0 Å². The molecule has 0 saturated carbocycles. The van der Waals surface area contributed by atoms with E-state index in [0.29, 0.717) is 26.1 Å². The second-order valence-electron chi connectivity index (χ2n) is 4.15. The summed E-state index contributed by atoms with van der Waals surface area (Å²) in [7, 11) is 0. The number of aliphatic hydroxyl groups is 1. The van der Waals surface area contributed by atoms with E-state index in [1.807, 2.05) is 20.0 Å². The van der Waals surface area contributed by atoms with Crippen molar-refractivity contribution in [1.82, 2.24) is 20.3 Å². The Labute approximate surface area is 102 Å². The van der Waals surface area contributed by atoms with Crippen LogP contribution < -0.4 is 5.32 Å². The monoisotopic (exact) mass is 242 g/mol. The summed E-state index contributed by atoms with van der Waals surface area (Å²) < 4.78 is 7.15. The highest BCUT2D eigenvalue weighted by molar-refractivity contribution is 4.91. The Hall–Kier alpha value is -0.980. The predicted molar refractivity (Wildman–Crippen MR) is 64.5 cm³/mol. The summed E-state index contributed by atoms with van der Waals surface area (Å²) in [4.78, 5) is 0.